The molecule has 3 aromatic rings. The van der Waals surface area contributed by atoms with Gasteiger partial charge >= 0.3 is 0 Å². The van der Waals surface area contributed by atoms with Crippen molar-refractivity contribution in [2.24, 2.45) is 11.8 Å². The number of carbonyl (C=O) groups excluding carboxylic acids is 1. The topological polar surface area (TPSA) is 60.6 Å². The standard InChI is InChI=1S/C37H54N4O2S/c1-8-40(9-2)23-37(43-7)13-16-41(17-14-37)15-12-27-29-21-32(36(5,6)22-30-28-10-11-31(30)38-34(28)42)44-35(29)39-33(27)26-19-24(3)18-25(4)20-26/h18-21,28,30-31,39H,8-17,22-23H2,1-7H3,(H,38,42). The molecule has 1 aliphatic carbocycles. The number of methoxy groups -OCH3 is 1. The summed E-state index contributed by atoms with van der Waals surface area (Å²) in [5.41, 5.74) is 6.65. The molecule has 3 fully saturated rings. The van der Waals surface area contributed by atoms with E-state index in [1.54, 1.807) is 0 Å². The Bertz CT molecular complexity index is 1460. The highest BCUT2D eigenvalue weighted by Gasteiger charge is 2.49. The van der Waals surface area contributed by atoms with Crippen molar-refractivity contribution in [2.45, 2.75) is 97.1 Å². The van der Waals surface area contributed by atoms with Crippen LogP contribution < -0.4 is 5.32 Å². The Morgan fingerprint density at radius 2 is 1.77 bits per heavy atom. The highest BCUT2D eigenvalue weighted by Crippen LogP contribution is 2.48. The number of aryl methyl sites for hydroxylation is 2. The van der Waals surface area contributed by atoms with E-state index in [-0.39, 0.29) is 22.8 Å². The third-order valence-corrected chi connectivity index (χ3v) is 12.7. The summed E-state index contributed by atoms with van der Waals surface area (Å²) in [7, 11) is 1.91. The number of aromatic amines is 1. The van der Waals surface area contributed by atoms with Crippen LogP contribution in [0, 0.1) is 25.7 Å². The summed E-state index contributed by atoms with van der Waals surface area (Å²) in [5.74, 6) is 0.960. The molecule has 240 valence electrons. The van der Waals surface area contributed by atoms with E-state index in [4.69, 9.17) is 4.74 Å². The predicted molar refractivity (Wildman–Crippen MR) is 184 cm³/mol. The third-order valence-electron chi connectivity index (χ3n) is 11.3. The van der Waals surface area contributed by atoms with Crippen molar-refractivity contribution in [3.05, 3.63) is 45.8 Å². The Kier molecular flexibility index (Phi) is 9.06. The molecule has 3 atom stereocenters. The minimum absolute atomic E-state index is 0.0269. The predicted octanol–water partition coefficient (Wildman–Crippen LogP) is 7.07. The van der Waals surface area contributed by atoms with E-state index < -0.39 is 0 Å². The summed E-state index contributed by atoms with van der Waals surface area (Å²) in [5, 5.41) is 4.65. The highest BCUT2D eigenvalue weighted by molar-refractivity contribution is 7.18. The Balaban J connectivity index is 1.24. The highest BCUT2D eigenvalue weighted by atomic mass is 32.1. The smallest absolute Gasteiger partial charge is 0.223 e. The van der Waals surface area contributed by atoms with Gasteiger partial charge in [-0.15, -0.1) is 11.3 Å². The number of likely N-dealkylation sites (tertiary alicyclic amines) is 1. The minimum atomic E-state index is -0.0269. The van der Waals surface area contributed by atoms with Crippen molar-refractivity contribution >= 4 is 27.5 Å². The molecule has 1 amide bonds. The maximum absolute atomic E-state index is 12.4. The molecule has 6 rings (SSSR count). The Morgan fingerprint density at radius 3 is 2.36 bits per heavy atom. The zero-order valence-electron chi connectivity index (χ0n) is 28.1. The molecule has 44 heavy (non-hydrogen) atoms. The molecule has 2 saturated heterocycles. The van der Waals surface area contributed by atoms with Gasteiger partial charge in [-0.05, 0) is 106 Å². The summed E-state index contributed by atoms with van der Waals surface area (Å²) < 4.78 is 6.18. The fraction of sp³-hybridized carbons (Fsp3) is 0.649. The Hall–Kier alpha value is -2.19. The van der Waals surface area contributed by atoms with E-state index >= 15 is 0 Å². The van der Waals surface area contributed by atoms with E-state index in [2.05, 4.69) is 85.9 Å². The van der Waals surface area contributed by atoms with Crippen LogP contribution >= 0.6 is 11.3 Å². The fourth-order valence-electron chi connectivity index (χ4n) is 8.56. The van der Waals surface area contributed by atoms with Gasteiger partial charge in [-0.2, -0.15) is 0 Å². The molecule has 3 aliphatic rings. The number of rotatable bonds is 12. The van der Waals surface area contributed by atoms with Crippen LogP contribution in [-0.2, 0) is 21.4 Å². The number of H-pyrrole nitrogens is 1. The molecule has 0 spiro atoms. The van der Waals surface area contributed by atoms with Crippen molar-refractivity contribution in [1.82, 2.24) is 20.1 Å². The third kappa shape index (κ3) is 6.14. The first-order valence-corrected chi connectivity index (χ1v) is 17.9. The van der Waals surface area contributed by atoms with E-state index in [1.807, 2.05) is 18.4 Å². The maximum atomic E-state index is 12.4. The number of carbonyl (C=O) groups is 1. The van der Waals surface area contributed by atoms with Crippen LogP contribution in [0.1, 0.15) is 81.4 Å². The fourth-order valence-corrected chi connectivity index (χ4v) is 9.76. The number of nitrogens with zero attached hydrogens (tertiary/aromatic N) is 2. The molecule has 3 unspecified atom stereocenters. The summed E-state index contributed by atoms with van der Waals surface area (Å²) in [4.78, 5) is 24.2. The van der Waals surface area contributed by atoms with Gasteiger partial charge in [0.1, 0.15) is 4.83 Å². The van der Waals surface area contributed by atoms with Gasteiger partial charge in [0.15, 0.2) is 0 Å². The molecule has 1 saturated carbocycles. The van der Waals surface area contributed by atoms with Gasteiger partial charge in [-0.25, -0.2) is 0 Å². The van der Waals surface area contributed by atoms with Crippen molar-refractivity contribution in [3.8, 4) is 11.3 Å². The average Bonchev–Trinajstić information content (AvgIpc) is 3.74. The van der Waals surface area contributed by atoms with Gasteiger partial charge in [0.05, 0.1) is 11.3 Å². The van der Waals surface area contributed by atoms with Gasteiger partial charge < -0.3 is 24.8 Å². The minimum Gasteiger partial charge on any atom is -0.377 e. The van der Waals surface area contributed by atoms with E-state index in [0.717, 1.165) is 77.8 Å². The van der Waals surface area contributed by atoms with Crippen LogP contribution in [0.5, 0.6) is 0 Å². The number of benzene rings is 1. The molecule has 4 heterocycles. The molecule has 1 aromatic carbocycles. The average molecular weight is 619 g/mol. The lowest BCUT2D eigenvalue weighted by Gasteiger charge is -2.43. The molecule has 2 aromatic heterocycles. The quantitative estimate of drug-likeness (QED) is 0.228. The van der Waals surface area contributed by atoms with Gasteiger partial charge in [0.25, 0.3) is 0 Å². The molecular weight excluding hydrogens is 565 g/mol. The summed E-state index contributed by atoms with van der Waals surface area (Å²) in [6.07, 6.45) is 6.46. The lowest BCUT2D eigenvalue weighted by molar-refractivity contribution is -0.124. The van der Waals surface area contributed by atoms with Crippen LogP contribution in [0.15, 0.2) is 24.3 Å². The molecule has 7 heteroatoms. The lowest BCUT2D eigenvalue weighted by Crippen LogP contribution is -2.52. The normalized spacial score (nSPS) is 23.7. The van der Waals surface area contributed by atoms with Crippen molar-refractivity contribution < 1.29 is 9.53 Å². The summed E-state index contributed by atoms with van der Waals surface area (Å²) >= 11 is 1.93. The number of likely N-dealkylation sites (N-methyl/N-ethyl adjacent to an activating group) is 1. The van der Waals surface area contributed by atoms with Crippen LogP contribution in [0.2, 0.25) is 0 Å². The molecule has 2 bridgehead atoms. The second kappa shape index (κ2) is 12.5. The van der Waals surface area contributed by atoms with E-state index in [9.17, 15) is 4.79 Å². The summed E-state index contributed by atoms with van der Waals surface area (Å²) in [6.45, 7) is 20.1. The van der Waals surface area contributed by atoms with Crippen LogP contribution in [-0.4, -0.2) is 78.7 Å². The van der Waals surface area contributed by atoms with E-state index in [0.29, 0.717) is 12.0 Å². The molecular formula is C37H54N4O2S. The van der Waals surface area contributed by atoms with Crippen molar-refractivity contribution in [3.63, 3.8) is 0 Å². The second-order valence-corrected chi connectivity index (χ2v) is 15.8. The summed E-state index contributed by atoms with van der Waals surface area (Å²) in [6, 6.07) is 9.78. The van der Waals surface area contributed by atoms with Gasteiger partial charge in [-0.1, -0.05) is 44.9 Å². The number of nitrogens with one attached hydrogen (secondary N) is 2. The lowest BCUT2D eigenvalue weighted by atomic mass is 9.78. The number of amides is 1. The maximum Gasteiger partial charge on any atom is 0.223 e. The number of aromatic nitrogens is 1. The molecule has 0 radical (unpaired) electrons. The SMILES string of the molecule is CCN(CC)CC1(OC)CCN(CCc2c(-c3cc(C)cc(C)c3)[nH]c3sc(C(C)(C)CC4C5CCC4C(=O)N5)cc23)CC1. The number of hydrogen-bond donors (Lipinski definition) is 2. The van der Waals surface area contributed by atoms with Crippen LogP contribution in [0.3, 0.4) is 0 Å². The Morgan fingerprint density at radius 1 is 1.07 bits per heavy atom. The van der Waals surface area contributed by atoms with Gasteiger partial charge in [0.2, 0.25) is 5.91 Å². The first-order chi connectivity index (χ1) is 21.0. The van der Waals surface area contributed by atoms with E-state index in [1.165, 1.54) is 43.0 Å². The molecule has 2 aliphatic heterocycles. The molecule has 6 nitrogen and oxygen atoms in total. The monoisotopic (exact) mass is 618 g/mol. The van der Waals surface area contributed by atoms with Crippen molar-refractivity contribution in [1.29, 1.82) is 0 Å². The van der Waals surface area contributed by atoms with Gasteiger partial charge in [0, 0.05) is 55.5 Å². The molecule has 2 N–H and O–H groups in total. The Labute approximate surface area is 268 Å². The second-order valence-electron chi connectivity index (χ2n) is 14.7. The number of ether oxygens (including phenoxy) is 1. The number of fused-ring (bicyclic) bond motifs is 3. The first kappa shape index (κ1) is 31.8. The zero-order valence-corrected chi connectivity index (χ0v) is 29.0. The largest absolute Gasteiger partial charge is 0.377 e. The number of hydrogen-bond acceptors (Lipinski definition) is 5. The first-order valence-electron chi connectivity index (χ1n) is 17.1. The number of piperidine rings is 2. The van der Waals surface area contributed by atoms with Gasteiger partial charge in [-0.3, -0.25) is 4.79 Å². The zero-order chi connectivity index (χ0) is 31.2. The van der Waals surface area contributed by atoms with Crippen LogP contribution in [0.25, 0.3) is 21.5 Å². The van der Waals surface area contributed by atoms with Crippen molar-refractivity contribution in [2.75, 3.05) is 46.4 Å². The number of thiophene rings is 1. The van der Waals surface area contributed by atoms with Crippen LogP contribution in [0.4, 0.5) is 0 Å².